The lowest BCUT2D eigenvalue weighted by atomic mass is 9.49. The second-order valence-corrected chi connectivity index (χ2v) is 9.31. The summed E-state index contributed by atoms with van der Waals surface area (Å²) in [5.41, 5.74) is -0.251. The molecule has 4 fully saturated rings. The number of hydrogen-bond donors (Lipinski definition) is 1. The van der Waals surface area contributed by atoms with E-state index in [1.807, 2.05) is 0 Å². The van der Waals surface area contributed by atoms with Gasteiger partial charge in [0.05, 0.1) is 10.0 Å². The van der Waals surface area contributed by atoms with Crippen LogP contribution in [0.1, 0.15) is 38.5 Å². The van der Waals surface area contributed by atoms with Crippen molar-refractivity contribution in [2.75, 3.05) is 19.8 Å². The molecule has 0 unspecified atom stereocenters. The van der Waals surface area contributed by atoms with E-state index in [0.29, 0.717) is 33.5 Å². The molecule has 4 aliphatic rings. The number of esters is 1. The fourth-order valence-electron chi connectivity index (χ4n) is 5.70. The van der Waals surface area contributed by atoms with Gasteiger partial charge in [0.2, 0.25) is 5.91 Å². The number of nitrogens with one attached hydrogen (secondary N) is 1. The smallest absolute Gasteiger partial charge is 0.325 e. The first-order valence-electron chi connectivity index (χ1n) is 9.96. The fraction of sp³-hybridized carbons (Fsp3) is 0.619. The minimum Gasteiger partial charge on any atom is -0.487 e. The summed E-state index contributed by atoms with van der Waals surface area (Å²) in [5.74, 6) is 2.01. The van der Waals surface area contributed by atoms with Crippen LogP contribution in [0.4, 0.5) is 0 Å². The van der Waals surface area contributed by atoms with Crippen LogP contribution in [0.15, 0.2) is 18.2 Å². The molecule has 5 nitrogen and oxygen atoms in total. The van der Waals surface area contributed by atoms with Gasteiger partial charge in [0.15, 0.2) is 5.75 Å². The summed E-state index contributed by atoms with van der Waals surface area (Å²) >= 11 is 12.0. The molecular formula is C21H25Cl2NO4. The zero-order chi connectivity index (χ0) is 19.7. The third-order valence-corrected chi connectivity index (χ3v) is 7.02. The van der Waals surface area contributed by atoms with Gasteiger partial charge in [-0.3, -0.25) is 9.59 Å². The van der Waals surface area contributed by atoms with E-state index in [2.05, 4.69) is 5.32 Å². The standard InChI is InChI=1S/C21H25Cl2NO4/c22-16-2-1-3-17(23)19(16)28-5-4-27-18(25)12-24-20(26)21-9-13-6-14(10-21)8-15(7-13)11-21/h1-3,13-15H,4-12H2,(H,24,26). The Morgan fingerprint density at radius 1 is 1.00 bits per heavy atom. The summed E-state index contributed by atoms with van der Waals surface area (Å²) in [6.07, 6.45) is 6.78. The van der Waals surface area contributed by atoms with Crippen LogP contribution in [0.3, 0.4) is 0 Å². The van der Waals surface area contributed by atoms with E-state index in [1.54, 1.807) is 18.2 Å². The number of carbonyl (C=O) groups is 2. The molecule has 0 aliphatic heterocycles. The first kappa shape index (κ1) is 19.8. The summed E-state index contributed by atoms with van der Waals surface area (Å²) in [6, 6.07) is 5.08. The highest BCUT2D eigenvalue weighted by molar-refractivity contribution is 6.37. The largest absolute Gasteiger partial charge is 0.487 e. The molecule has 0 radical (unpaired) electrons. The second-order valence-electron chi connectivity index (χ2n) is 8.50. The minimum atomic E-state index is -0.466. The summed E-state index contributed by atoms with van der Waals surface area (Å²) in [6.45, 7) is 0.0964. The molecule has 4 bridgehead atoms. The highest BCUT2D eigenvalue weighted by Gasteiger charge is 2.54. The minimum absolute atomic E-state index is 0.0302. The maximum absolute atomic E-state index is 12.8. The SMILES string of the molecule is O=C(CNC(=O)C12CC3CC(CC(C3)C1)C2)OCCOc1c(Cl)cccc1Cl. The number of para-hydroxylation sites is 1. The van der Waals surface area contributed by atoms with Gasteiger partial charge in [0, 0.05) is 5.41 Å². The summed E-state index contributed by atoms with van der Waals surface area (Å²) in [5, 5.41) is 3.63. The van der Waals surface area contributed by atoms with Crippen molar-refractivity contribution in [3.05, 3.63) is 28.2 Å². The van der Waals surface area contributed by atoms with Crippen LogP contribution in [-0.4, -0.2) is 31.6 Å². The molecule has 5 rings (SSSR count). The quantitative estimate of drug-likeness (QED) is 0.523. The summed E-state index contributed by atoms with van der Waals surface area (Å²) in [4.78, 5) is 24.8. The van der Waals surface area contributed by atoms with Gasteiger partial charge in [-0.15, -0.1) is 0 Å². The van der Waals surface area contributed by atoms with Crippen molar-refractivity contribution in [2.24, 2.45) is 23.2 Å². The number of benzene rings is 1. The van der Waals surface area contributed by atoms with Crippen molar-refractivity contribution >= 4 is 35.1 Å². The summed E-state index contributed by atoms with van der Waals surface area (Å²) in [7, 11) is 0. The Morgan fingerprint density at radius 2 is 1.57 bits per heavy atom. The normalized spacial score (nSPS) is 30.1. The Bertz CT molecular complexity index is 711. The van der Waals surface area contributed by atoms with Crippen LogP contribution in [0.2, 0.25) is 10.0 Å². The monoisotopic (exact) mass is 425 g/mol. The molecule has 0 aromatic heterocycles. The molecule has 7 heteroatoms. The topological polar surface area (TPSA) is 64.6 Å². The molecule has 0 atom stereocenters. The van der Waals surface area contributed by atoms with E-state index < -0.39 is 5.97 Å². The number of halogens is 2. The molecule has 4 aliphatic carbocycles. The Balaban J connectivity index is 1.19. The van der Waals surface area contributed by atoms with Gasteiger partial charge in [-0.25, -0.2) is 0 Å². The predicted octanol–water partition coefficient (Wildman–Crippen LogP) is 4.25. The first-order chi connectivity index (χ1) is 13.4. The number of hydrogen-bond acceptors (Lipinski definition) is 4. The van der Waals surface area contributed by atoms with Crippen LogP contribution in [-0.2, 0) is 14.3 Å². The van der Waals surface area contributed by atoms with Crippen molar-refractivity contribution in [2.45, 2.75) is 38.5 Å². The number of carbonyl (C=O) groups excluding carboxylic acids is 2. The molecule has 1 aromatic rings. The van der Waals surface area contributed by atoms with E-state index >= 15 is 0 Å². The van der Waals surface area contributed by atoms with E-state index in [4.69, 9.17) is 32.7 Å². The first-order valence-corrected chi connectivity index (χ1v) is 10.7. The van der Waals surface area contributed by atoms with Crippen molar-refractivity contribution in [3.8, 4) is 5.75 Å². The van der Waals surface area contributed by atoms with Gasteiger partial charge < -0.3 is 14.8 Å². The van der Waals surface area contributed by atoms with Crippen LogP contribution in [0, 0.1) is 23.2 Å². The highest BCUT2D eigenvalue weighted by Crippen LogP contribution is 2.60. The number of amides is 1. The molecule has 1 amide bonds. The Labute approximate surface area is 175 Å². The average Bonchev–Trinajstić information content (AvgIpc) is 2.64. The molecule has 152 valence electrons. The molecular weight excluding hydrogens is 401 g/mol. The Kier molecular flexibility index (Phi) is 5.75. The zero-order valence-corrected chi connectivity index (χ0v) is 17.2. The predicted molar refractivity (Wildman–Crippen MR) is 107 cm³/mol. The Morgan fingerprint density at radius 3 is 2.14 bits per heavy atom. The van der Waals surface area contributed by atoms with Crippen molar-refractivity contribution < 1.29 is 19.1 Å². The van der Waals surface area contributed by atoms with E-state index in [1.165, 1.54) is 19.3 Å². The highest BCUT2D eigenvalue weighted by atomic mass is 35.5. The summed E-state index contributed by atoms with van der Waals surface area (Å²) < 4.78 is 10.6. The average molecular weight is 426 g/mol. The third-order valence-electron chi connectivity index (χ3n) is 6.42. The maximum Gasteiger partial charge on any atom is 0.325 e. The van der Waals surface area contributed by atoms with Gasteiger partial charge in [-0.05, 0) is 68.4 Å². The van der Waals surface area contributed by atoms with Crippen molar-refractivity contribution in [3.63, 3.8) is 0 Å². The van der Waals surface area contributed by atoms with Gasteiger partial charge >= 0.3 is 5.97 Å². The van der Waals surface area contributed by atoms with Crippen LogP contribution < -0.4 is 10.1 Å². The molecule has 1 N–H and O–H groups in total. The number of rotatable bonds is 7. The molecule has 0 spiro atoms. The lowest BCUT2D eigenvalue weighted by Gasteiger charge is -2.55. The van der Waals surface area contributed by atoms with Crippen LogP contribution >= 0.6 is 23.2 Å². The lowest BCUT2D eigenvalue weighted by Crippen LogP contribution is -2.54. The van der Waals surface area contributed by atoms with Crippen molar-refractivity contribution in [1.82, 2.24) is 5.32 Å². The maximum atomic E-state index is 12.8. The third kappa shape index (κ3) is 4.11. The molecule has 0 saturated heterocycles. The van der Waals surface area contributed by atoms with E-state index in [0.717, 1.165) is 19.3 Å². The van der Waals surface area contributed by atoms with Gasteiger partial charge in [0.1, 0.15) is 19.8 Å². The lowest BCUT2D eigenvalue weighted by molar-refractivity contribution is -0.151. The number of ether oxygens (including phenoxy) is 2. The van der Waals surface area contributed by atoms with Crippen LogP contribution in [0.5, 0.6) is 5.75 Å². The van der Waals surface area contributed by atoms with E-state index in [-0.39, 0.29) is 31.1 Å². The molecule has 4 saturated carbocycles. The Hall–Kier alpha value is -1.46. The second kappa shape index (κ2) is 8.11. The van der Waals surface area contributed by atoms with Crippen LogP contribution in [0.25, 0.3) is 0 Å². The molecule has 0 heterocycles. The zero-order valence-electron chi connectivity index (χ0n) is 15.7. The fourth-order valence-corrected chi connectivity index (χ4v) is 6.21. The molecule has 1 aromatic carbocycles. The molecule has 28 heavy (non-hydrogen) atoms. The van der Waals surface area contributed by atoms with E-state index in [9.17, 15) is 9.59 Å². The van der Waals surface area contributed by atoms with Gasteiger partial charge in [-0.2, -0.15) is 0 Å². The van der Waals surface area contributed by atoms with Gasteiger partial charge in [-0.1, -0.05) is 29.3 Å². The van der Waals surface area contributed by atoms with Gasteiger partial charge in [0.25, 0.3) is 0 Å². The van der Waals surface area contributed by atoms with Crippen molar-refractivity contribution in [1.29, 1.82) is 0 Å².